The quantitative estimate of drug-likeness (QED) is 0.300. The number of ketones is 1. The van der Waals surface area contributed by atoms with Gasteiger partial charge in [0.15, 0.2) is 0 Å². The molecule has 0 aliphatic heterocycles. The molecule has 6 rings (SSSR count). The average molecular weight is 641 g/mol. The van der Waals surface area contributed by atoms with E-state index in [0.29, 0.717) is 31.2 Å². The van der Waals surface area contributed by atoms with E-state index in [9.17, 15) is 27.6 Å². The number of esters is 2. The van der Waals surface area contributed by atoms with Gasteiger partial charge in [0.1, 0.15) is 18.0 Å². The minimum Gasteiger partial charge on any atom is -0.459 e. The number of fused-ring (bicyclic) bond motifs is 2. The van der Waals surface area contributed by atoms with Crippen molar-refractivity contribution in [1.82, 2.24) is 0 Å². The number of hydrogen-bond acceptors (Lipinski definition) is 6. The first-order valence-corrected chi connectivity index (χ1v) is 16.2. The smallest absolute Gasteiger partial charge is 0.432 e. The van der Waals surface area contributed by atoms with E-state index in [1.165, 1.54) is 24.3 Å². The maximum absolute atomic E-state index is 14.8. The summed E-state index contributed by atoms with van der Waals surface area (Å²) >= 11 is 0. The highest BCUT2D eigenvalue weighted by molar-refractivity contribution is 5.89. The summed E-state index contributed by atoms with van der Waals surface area (Å²) in [5.41, 5.74) is -5.21. The van der Waals surface area contributed by atoms with E-state index in [2.05, 4.69) is 13.8 Å². The van der Waals surface area contributed by atoms with Gasteiger partial charge < -0.3 is 14.2 Å². The van der Waals surface area contributed by atoms with Crippen LogP contribution in [0, 0.1) is 33.5 Å². The lowest BCUT2D eigenvalue weighted by Crippen LogP contribution is -2.67. The van der Waals surface area contributed by atoms with Gasteiger partial charge in [-0.25, -0.2) is 9.59 Å². The molecule has 4 fully saturated rings. The molecule has 0 amide bonds. The predicted octanol–water partition coefficient (Wildman–Crippen LogP) is 7.84. The van der Waals surface area contributed by atoms with Gasteiger partial charge >= 0.3 is 18.1 Å². The van der Waals surface area contributed by atoms with E-state index in [1.807, 2.05) is 19.9 Å². The molecule has 2 aromatic rings. The summed E-state index contributed by atoms with van der Waals surface area (Å²) in [5, 5.41) is 0. The third-order valence-corrected chi connectivity index (χ3v) is 12.7. The number of alkyl halides is 3. The Labute approximate surface area is 268 Å². The molecule has 2 bridgehead atoms. The lowest BCUT2D eigenvalue weighted by molar-refractivity contribution is -0.287. The fourth-order valence-corrected chi connectivity index (χ4v) is 10.4. The highest BCUT2D eigenvalue weighted by atomic mass is 19.4. The molecule has 0 N–H and O–H groups in total. The van der Waals surface area contributed by atoms with Crippen LogP contribution in [0.15, 0.2) is 60.7 Å². The van der Waals surface area contributed by atoms with Crippen LogP contribution in [0.4, 0.5) is 13.2 Å². The van der Waals surface area contributed by atoms with Crippen LogP contribution >= 0.6 is 0 Å². The highest BCUT2D eigenvalue weighted by Gasteiger charge is 2.73. The molecular formula is C37H43F3O6. The molecule has 0 heterocycles. The molecule has 4 aliphatic rings. The van der Waals surface area contributed by atoms with Crippen LogP contribution in [0.5, 0.6) is 0 Å². The number of hydrogen-bond donors (Lipinski definition) is 0. The number of rotatable bonds is 6. The number of ether oxygens (including phenoxy) is 3. The summed E-state index contributed by atoms with van der Waals surface area (Å²) in [6.45, 7) is 8.11. The third-order valence-electron chi connectivity index (χ3n) is 12.7. The van der Waals surface area contributed by atoms with Crippen molar-refractivity contribution in [2.24, 2.45) is 33.5 Å². The second kappa shape index (κ2) is 10.9. The van der Waals surface area contributed by atoms with E-state index < -0.39 is 52.2 Å². The summed E-state index contributed by atoms with van der Waals surface area (Å²) in [4.78, 5) is 40.7. The Hall–Kier alpha value is -3.20. The molecule has 0 aromatic heterocycles. The van der Waals surface area contributed by atoms with Crippen LogP contribution in [0.25, 0.3) is 0 Å². The van der Waals surface area contributed by atoms with Crippen molar-refractivity contribution in [2.45, 2.75) is 96.6 Å². The normalized spacial score (nSPS) is 36.1. The van der Waals surface area contributed by atoms with E-state index >= 15 is 0 Å². The molecule has 0 radical (unpaired) electrons. The standard InChI is InChI=1S/C37H43F3O6/c1-32(2)28(46-31(43)36(44-5,37(38,39)40)24-14-10-7-11-15-24)16-17-34(4)29(32)26(45-30(42)23-12-8-6-9-13-23)20-25-21-27(41)33(3)18-19-35(25,34)22-33/h6-15,25-26,28-29H,16-22H2,1-5H3/t25-,26+,28-,29-,33+,34-,35-,36+/m0/s1. The molecule has 2 aromatic carbocycles. The Morgan fingerprint density at radius 3 is 2.11 bits per heavy atom. The van der Waals surface area contributed by atoms with Gasteiger partial charge in [0, 0.05) is 35.8 Å². The van der Waals surface area contributed by atoms with Crippen molar-refractivity contribution < 1.29 is 41.8 Å². The van der Waals surface area contributed by atoms with E-state index in [-0.39, 0.29) is 28.6 Å². The van der Waals surface area contributed by atoms with Crippen LogP contribution in [-0.4, -0.2) is 43.2 Å². The van der Waals surface area contributed by atoms with Gasteiger partial charge in [-0.05, 0) is 67.4 Å². The summed E-state index contributed by atoms with van der Waals surface area (Å²) in [6.07, 6.45) is -2.47. The number of carbonyl (C=O) groups is 3. The molecule has 0 saturated heterocycles. The van der Waals surface area contributed by atoms with E-state index in [4.69, 9.17) is 14.2 Å². The summed E-state index contributed by atoms with van der Waals surface area (Å²) in [7, 11) is 0.867. The minimum absolute atomic E-state index is 0.0183. The molecule has 4 aliphatic carbocycles. The van der Waals surface area contributed by atoms with Crippen LogP contribution in [0.1, 0.15) is 88.6 Å². The molecule has 9 heteroatoms. The van der Waals surface area contributed by atoms with Crippen LogP contribution in [0.3, 0.4) is 0 Å². The molecule has 4 saturated carbocycles. The first-order valence-electron chi connectivity index (χ1n) is 16.2. The molecular weight excluding hydrogens is 597 g/mol. The predicted molar refractivity (Wildman–Crippen MR) is 163 cm³/mol. The van der Waals surface area contributed by atoms with Crippen molar-refractivity contribution in [3.8, 4) is 0 Å². The number of carbonyl (C=O) groups excluding carboxylic acids is 3. The maximum atomic E-state index is 14.8. The highest BCUT2D eigenvalue weighted by Crippen LogP contribution is 2.76. The first-order chi connectivity index (χ1) is 21.6. The van der Waals surface area contributed by atoms with Gasteiger partial charge in [-0.15, -0.1) is 0 Å². The SMILES string of the molecule is CO[C@@](C(=O)O[C@H]1CC[C@@]2(C)[C@@H]([C@H](OC(=O)c3ccccc3)C[C@H]3CC(=O)[C@]4(C)CC[C@]32C4)C1(C)C)(c1ccccc1)C(F)(F)F. The molecule has 248 valence electrons. The summed E-state index contributed by atoms with van der Waals surface area (Å²) in [5.74, 6) is -2.09. The Bertz CT molecular complexity index is 1510. The van der Waals surface area contributed by atoms with Gasteiger partial charge in [0.2, 0.25) is 0 Å². The van der Waals surface area contributed by atoms with Crippen molar-refractivity contribution in [3.63, 3.8) is 0 Å². The third kappa shape index (κ3) is 4.58. The lowest BCUT2D eigenvalue weighted by atomic mass is 9.37. The minimum atomic E-state index is -5.10. The Balaban J connectivity index is 1.39. The molecule has 1 spiro atoms. The summed E-state index contributed by atoms with van der Waals surface area (Å²) in [6, 6.07) is 15.5. The fourth-order valence-electron chi connectivity index (χ4n) is 10.4. The van der Waals surface area contributed by atoms with Gasteiger partial charge in [-0.2, -0.15) is 13.2 Å². The zero-order valence-electron chi connectivity index (χ0n) is 27.1. The van der Waals surface area contributed by atoms with Crippen LogP contribution in [0.2, 0.25) is 0 Å². The Morgan fingerprint density at radius 1 is 0.870 bits per heavy atom. The molecule has 6 nitrogen and oxygen atoms in total. The summed E-state index contributed by atoms with van der Waals surface area (Å²) < 4.78 is 61.7. The van der Waals surface area contributed by atoms with Crippen molar-refractivity contribution in [1.29, 1.82) is 0 Å². The second-order valence-corrected chi connectivity index (χ2v) is 15.2. The fraction of sp³-hybridized carbons (Fsp3) is 0.595. The molecule has 0 unspecified atom stereocenters. The van der Waals surface area contributed by atoms with Crippen molar-refractivity contribution in [2.75, 3.05) is 7.11 Å². The van der Waals surface area contributed by atoms with Crippen molar-refractivity contribution >= 4 is 17.7 Å². The van der Waals surface area contributed by atoms with Gasteiger partial charge in [-0.1, -0.05) is 76.2 Å². The average Bonchev–Trinajstić information content (AvgIpc) is 3.33. The number of methoxy groups -OCH3 is 1. The zero-order chi connectivity index (χ0) is 33.3. The van der Waals surface area contributed by atoms with Crippen LogP contribution < -0.4 is 0 Å². The molecule has 8 atom stereocenters. The second-order valence-electron chi connectivity index (χ2n) is 15.2. The first kappa shape index (κ1) is 32.7. The Morgan fingerprint density at radius 2 is 1.50 bits per heavy atom. The number of halogens is 3. The van der Waals surface area contributed by atoms with Gasteiger partial charge in [-0.3, -0.25) is 4.79 Å². The van der Waals surface area contributed by atoms with E-state index in [0.717, 1.165) is 26.4 Å². The van der Waals surface area contributed by atoms with Gasteiger partial charge in [0.05, 0.1) is 5.56 Å². The Kier molecular flexibility index (Phi) is 7.77. The maximum Gasteiger partial charge on any atom is 0.432 e. The van der Waals surface area contributed by atoms with E-state index in [1.54, 1.807) is 30.3 Å². The van der Waals surface area contributed by atoms with Crippen LogP contribution in [-0.2, 0) is 29.4 Å². The lowest BCUT2D eigenvalue weighted by Gasteiger charge is -2.68. The number of benzene rings is 2. The molecule has 46 heavy (non-hydrogen) atoms. The zero-order valence-corrected chi connectivity index (χ0v) is 27.1. The number of Topliss-reactive ketones (excluding diaryl/α,β-unsaturated/α-hetero) is 1. The monoisotopic (exact) mass is 640 g/mol. The largest absolute Gasteiger partial charge is 0.459 e. The van der Waals surface area contributed by atoms with Crippen molar-refractivity contribution in [3.05, 3.63) is 71.8 Å². The topological polar surface area (TPSA) is 78.9 Å². The van der Waals surface area contributed by atoms with Gasteiger partial charge in [0.25, 0.3) is 5.60 Å².